The molecule has 0 aliphatic rings. The van der Waals surface area contributed by atoms with Gasteiger partial charge >= 0.3 is 5.97 Å². The number of carboxylic acid groups (broad SMARTS) is 1. The van der Waals surface area contributed by atoms with E-state index in [2.05, 4.69) is 23.4 Å². The van der Waals surface area contributed by atoms with Gasteiger partial charge < -0.3 is 19.3 Å². The van der Waals surface area contributed by atoms with Crippen LogP contribution in [0.25, 0.3) is 27.2 Å². The maximum atomic E-state index is 11.4. The molecule has 0 amide bonds. The smallest absolute Gasteiger partial charge is 0.345 e. The average molecular weight is 395 g/mol. The topological polar surface area (TPSA) is 80.3 Å². The van der Waals surface area contributed by atoms with Crippen LogP contribution in [0.3, 0.4) is 0 Å². The van der Waals surface area contributed by atoms with E-state index in [1.54, 1.807) is 24.7 Å². The predicted octanol–water partition coefficient (Wildman–Crippen LogP) is 5.01. The number of benzene rings is 1. The fraction of sp³-hybridized carbons (Fsp3) is 0.238. The van der Waals surface area contributed by atoms with E-state index < -0.39 is 5.97 Å². The highest BCUT2D eigenvalue weighted by Crippen LogP contribution is 2.38. The minimum atomic E-state index is -0.911. The van der Waals surface area contributed by atoms with Crippen LogP contribution in [0.15, 0.2) is 49.1 Å². The fourth-order valence-corrected chi connectivity index (χ4v) is 4.25. The summed E-state index contributed by atoms with van der Waals surface area (Å²) in [4.78, 5) is 15.7. The summed E-state index contributed by atoms with van der Waals surface area (Å²) in [7, 11) is 0. The van der Waals surface area contributed by atoms with E-state index in [1.807, 2.05) is 29.0 Å². The standard InChI is InChI=1S/C21H21N3O3S/c1-13(2)5-7-24-16(10-19-17(24)11-20(28-19)21(26)27)15-4-3-14(9-18(15)25)23-8-6-22-12-23/h3-4,6,8-13,25H,5,7H2,1-2H3,(H,26,27). The lowest BCUT2D eigenvalue weighted by atomic mass is 10.1. The number of hydrogen-bond acceptors (Lipinski definition) is 4. The quantitative estimate of drug-likeness (QED) is 0.481. The molecular weight excluding hydrogens is 374 g/mol. The Morgan fingerprint density at radius 2 is 2.07 bits per heavy atom. The number of phenols is 1. The number of phenolic OH excluding ortho intramolecular Hbond substituents is 1. The van der Waals surface area contributed by atoms with Crippen molar-refractivity contribution in [2.45, 2.75) is 26.8 Å². The number of rotatable bonds is 6. The summed E-state index contributed by atoms with van der Waals surface area (Å²) in [5, 5.41) is 20.0. The largest absolute Gasteiger partial charge is 0.507 e. The Bertz CT molecular complexity index is 1140. The molecule has 0 radical (unpaired) electrons. The minimum Gasteiger partial charge on any atom is -0.507 e. The number of fused-ring (bicyclic) bond motifs is 1. The van der Waals surface area contributed by atoms with Gasteiger partial charge in [0, 0.05) is 30.6 Å². The molecule has 0 aliphatic heterocycles. The van der Waals surface area contributed by atoms with E-state index in [4.69, 9.17) is 0 Å². The average Bonchev–Trinajstić information content (AvgIpc) is 3.36. The number of aromatic carboxylic acids is 1. The first-order chi connectivity index (χ1) is 13.4. The second-order valence-corrected chi connectivity index (χ2v) is 8.28. The van der Waals surface area contributed by atoms with Crippen molar-refractivity contribution in [3.63, 3.8) is 0 Å². The van der Waals surface area contributed by atoms with Crippen LogP contribution in [-0.4, -0.2) is 30.3 Å². The zero-order chi connectivity index (χ0) is 19.8. The van der Waals surface area contributed by atoms with E-state index >= 15 is 0 Å². The molecule has 6 nitrogen and oxygen atoms in total. The Morgan fingerprint density at radius 3 is 2.71 bits per heavy atom. The molecule has 0 saturated heterocycles. The van der Waals surface area contributed by atoms with Crippen molar-refractivity contribution in [2.24, 2.45) is 5.92 Å². The van der Waals surface area contributed by atoms with Gasteiger partial charge in [-0.05, 0) is 36.6 Å². The van der Waals surface area contributed by atoms with Crippen LogP contribution in [0.4, 0.5) is 0 Å². The number of carbonyl (C=O) groups is 1. The van der Waals surface area contributed by atoms with Crippen LogP contribution in [0.2, 0.25) is 0 Å². The lowest BCUT2D eigenvalue weighted by molar-refractivity contribution is 0.0702. The monoisotopic (exact) mass is 395 g/mol. The van der Waals surface area contributed by atoms with Gasteiger partial charge in [-0.3, -0.25) is 0 Å². The number of aryl methyl sites for hydroxylation is 1. The molecule has 1 aromatic carbocycles. The van der Waals surface area contributed by atoms with Crippen LogP contribution >= 0.6 is 11.3 Å². The van der Waals surface area contributed by atoms with Crippen molar-refractivity contribution in [3.8, 4) is 22.7 Å². The minimum absolute atomic E-state index is 0.181. The normalized spacial score (nSPS) is 11.5. The van der Waals surface area contributed by atoms with E-state index in [-0.39, 0.29) is 5.75 Å². The lowest BCUT2D eigenvalue weighted by Gasteiger charge is -2.14. The van der Waals surface area contributed by atoms with Crippen molar-refractivity contribution < 1.29 is 15.0 Å². The summed E-state index contributed by atoms with van der Waals surface area (Å²) in [6.07, 6.45) is 6.16. The van der Waals surface area contributed by atoms with E-state index in [0.29, 0.717) is 10.8 Å². The van der Waals surface area contributed by atoms with E-state index in [1.165, 1.54) is 11.3 Å². The first kappa shape index (κ1) is 18.3. The number of carboxylic acids is 1. The van der Waals surface area contributed by atoms with E-state index in [9.17, 15) is 15.0 Å². The first-order valence-electron chi connectivity index (χ1n) is 9.12. The van der Waals surface area contributed by atoms with Gasteiger partial charge in [0.05, 0.1) is 27.9 Å². The van der Waals surface area contributed by atoms with Crippen molar-refractivity contribution in [3.05, 3.63) is 53.9 Å². The third-order valence-corrected chi connectivity index (χ3v) is 5.85. The van der Waals surface area contributed by atoms with E-state index in [0.717, 1.165) is 40.1 Å². The number of aromatic hydroxyl groups is 1. The maximum Gasteiger partial charge on any atom is 0.345 e. The van der Waals surface area contributed by atoms with Crippen molar-refractivity contribution >= 4 is 27.5 Å². The molecule has 0 aliphatic carbocycles. The Kier molecular flexibility index (Phi) is 4.68. The molecular formula is C21H21N3O3S. The summed E-state index contributed by atoms with van der Waals surface area (Å²) in [6, 6.07) is 9.25. The Hall–Kier alpha value is -3.06. The zero-order valence-corrected chi connectivity index (χ0v) is 16.5. The Labute approximate surface area is 166 Å². The lowest BCUT2D eigenvalue weighted by Crippen LogP contribution is -2.03. The van der Waals surface area contributed by atoms with Crippen LogP contribution in [0, 0.1) is 5.92 Å². The summed E-state index contributed by atoms with van der Waals surface area (Å²) in [6.45, 7) is 5.08. The van der Waals surface area contributed by atoms with Gasteiger partial charge in [0.2, 0.25) is 0 Å². The van der Waals surface area contributed by atoms with Gasteiger partial charge in [-0.25, -0.2) is 9.78 Å². The second kappa shape index (κ2) is 7.16. The molecule has 0 spiro atoms. The molecule has 0 atom stereocenters. The van der Waals surface area contributed by atoms with Crippen molar-refractivity contribution in [1.82, 2.24) is 14.1 Å². The van der Waals surface area contributed by atoms with Gasteiger partial charge in [-0.2, -0.15) is 0 Å². The SMILES string of the molecule is CC(C)CCn1c(-c2ccc(-n3ccnc3)cc2O)cc2sc(C(=O)O)cc21. The molecule has 3 aromatic heterocycles. The summed E-state index contributed by atoms with van der Waals surface area (Å²) in [5.41, 5.74) is 3.35. The fourth-order valence-electron chi connectivity index (χ4n) is 3.31. The number of thiophene rings is 1. The molecule has 0 saturated carbocycles. The van der Waals surface area contributed by atoms with Gasteiger partial charge in [0.1, 0.15) is 10.6 Å². The van der Waals surface area contributed by atoms with Crippen LogP contribution in [0.1, 0.15) is 29.9 Å². The number of hydrogen-bond donors (Lipinski definition) is 2. The van der Waals surface area contributed by atoms with Crippen LogP contribution < -0.4 is 0 Å². The first-order valence-corrected chi connectivity index (χ1v) is 9.93. The van der Waals surface area contributed by atoms with Gasteiger partial charge in [0.15, 0.2) is 0 Å². The summed E-state index contributed by atoms with van der Waals surface area (Å²) < 4.78 is 4.86. The zero-order valence-electron chi connectivity index (χ0n) is 15.7. The highest BCUT2D eigenvalue weighted by Gasteiger charge is 2.19. The predicted molar refractivity (Wildman–Crippen MR) is 110 cm³/mol. The molecule has 7 heteroatoms. The van der Waals surface area contributed by atoms with Crippen molar-refractivity contribution in [1.29, 1.82) is 0 Å². The number of imidazole rings is 1. The molecule has 144 valence electrons. The summed E-state index contributed by atoms with van der Waals surface area (Å²) >= 11 is 1.26. The molecule has 4 rings (SSSR count). The van der Waals surface area contributed by atoms with Gasteiger partial charge in [-0.15, -0.1) is 11.3 Å². The third-order valence-electron chi connectivity index (χ3n) is 4.79. The van der Waals surface area contributed by atoms with Gasteiger partial charge in [-0.1, -0.05) is 13.8 Å². The van der Waals surface area contributed by atoms with Crippen molar-refractivity contribution in [2.75, 3.05) is 0 Å². The highest BCUT2D eigenvalue weighted by atomic mass is 32.1. The van der Waals surface area contributed by atoms with Crippen LogP contribution in [0.5, 0.6) is 5.75 Å². The molecule has 0 bridgehead atoms. The molecule has 4 aromatic rings. The maximum absolute atomic E-state index is 11.4. The molecule has 28 heavy (non-hydrogen) atoms. The summed E-state index contributed by atoms with van der Waals surface area (Å²) in [5.74, 6) is -0.216. The van der Waals surface area contributed by atoms with Crippen LogP contribution in [-0.2, 0) is 6.54 Å². The molecule has 2 N–H and O–H groups in total. The third kappa shape index (κ3) is 3.29. The highest BCUT2D eigenvalue weighted by molar-refractivity contribution is 7.20. The van der Waals surface area contributed by atoms with Gasteiger partial charge in [0.25, 0.3) is 0 Å². The molecule has 0 fully saturated rings. The Balaban J connectivity index is 1.82. The molecule has 3 heterocycles. The Morgan fingerprint density at radius 1 is 1.25 bits per heavy atom. The molecule has 0 unspecified atom stereocenters. The second-order valence-electron chi connectivity index (χ2n) is 7.20. The number of aromatic nitrogens is 3. The number of nitrogens with zero attached hydrogens (tertiary/aromatic N) is 3.